The number of benzene rings is 1. The van der Waals surface area contributed by atoms with Gasteiger partial charge in [0.05, 0.1) is 6.04 Å². The predicted molar refractivity (Wildman–Crippen MR) is 71.8 cm³/mol. The number of rotatable bonds is 6. The summed E-state index contributed by atoms with van der Waals surface area (Å²) in [5.74, 6) is -1.71. The standard InChI is InChI=1S/C14H20F2N2O2/c1-9(12-6-11(15)3-4-13(12)16)18(2)14(20)5-10(7-17)8-19/h3-4,6,9-10,19H,5,7-8,17H2,1-2H3/t9-,10+/m0/s1. The molecular weight excluding hydrogens is 266 g/mol. The molecule has 4 nitrogen and oxygen atoms in total. The van der Waals surface area contributed by atoms with Gasteiger partial charge in [0, 0.05) is 31.6 Å². The van der Waals surface area contributed by atoms with Crippen molar-refractivity contribution in [1.29, 1.82) is 0 Å². The van der Waals surface area contributed by atoms with Crippen molar-refractivity contribution < 1.29 is 18.7 Å². The number of hydrogen-bond acceptors (Lipinski definition) is 3. The van der Waals surface area contributed by atoms with Crippen LogP contribution in [0.15, 0.2) is 18.2 Å². The van der Waals surface area contributed by atoms with E-state index in [9.17, 15) is 13.6 Å². The van der Waals surface area contributed by atoms with Gasteiger partial charge >= 0.3 is 0 Å². The van der Waals surface area contributed by atoms with Crippen molar-refractivity contribution in [2.24, 2.45) is 11.7 Å². The highest BCUT2D eigenvalue weighted by atomic mass is 19.1. The molecule has 0 saturated heterocycles. The number of carbonyl (C=O) groups is 1. The van der Waals surface area contributed by atoms with Crippen LogP contribution in [0.4, 0.5) is 8.78 Å². The molecule has 0 aliphatic rings. The van der Waals surface area contributed by atoms with E-state index in [-0.39, 0.29) is 37.0 Å². The molecule has 0 spiro atoms. The van der Waals surface area contributed by atoms with Crippen LogP contribution in [0.2, 0.25) is 0 Å². The van der Waals surface area contributed by atoms with E-state index in [0.29, 0.717) is 0 Å². The van der Waals surface area contributed by atoms with E-state index in [4.69, 9.17) is 10.8 Å². The molecule has 0 saturated carbocycles. The zero-order valence-electron chi connectivity index (χ0n) is 11.6. The number of nitrogens with two attached hydrogens (primary N) is 1. The third-order valence-corrected chi connectivity index (χ3v) is 3.44. The van der Waals surface area contributed by atoms with Gasteiger partial charge in [0.15, 0.2) is 0 Å². The van der Waals surface area contributed by atoms with Crippen molar-refractivity contribution in [1.82, 2.24) is 4.90 Å². The summed E-state index contributed by atoms with van der Waals surface area (Å²) in [5.41, 5.74) is 5.54. The fraction of sp³-hybridized carbons (Fsp3) is 0.500. The molecule has 0 aromatic heterocycles. The molecular formula is C14H20F2N2O2. The number of aliphatic hydroxyl groups is 1. The first-order chi connectivity index (χ1) is 9.40. The van der Waals surface area contributed by atoms with Crippen molar-refractivity contribution >= 4 is 5.91 Å². The van der Waals surface area contributed by atoms with Gasteiger partial charge < -0.3 is 15.7 Å². The van der Waals surface area contributed by atoms with Crippen molar-refractivity contribution in [3.05, 3.63) is 35.4 Å². The maximum absolute atomic E-state index is 13.7. The SMILES string of the molecule is C[C@@H](c1cc(F)ccc1F)N(C)C(=O)C[C@H](CN)CO. The number of halogens is 2. The van der Waals surface area contributed by atoms with Gasteiger partial charge in [0.2, 0.25) is 5.91 Å². The van der Waals surface area contributed by atoms with Crippen LogP contribution in [0.1, 0.15) is 24.9 Å². The monoisotopic (exact) mass is 286 g/mol. The molecule has 3 N–H and O–H groups in total. The van der Waals surface area contributed by atoms with Crippen LogP contribution in [-0.2, 0) is 4.79 Å². The van der Waals surface area contributed by atoms with Crippen LogP contribution in [0, 0.1) is 17.6 Å². The predicted octanol–water partition coefficient (Wildman–Crippen LogP) is 1.44. The molecule has 0 radical (unpaired) electrons. The number of hydrogen-bond donors (Lipinski definition) is 2. The first kappa shape index (κ1) is 16.5. The Bertz CT molecular complexity index is 464. The third-order valence-electron chi connectivity index (χ3n) is 3.44. The molecule has 0 unspecified atom stereocenters. The molecule has 20 heavy (non-hydrogen) atoms. The molecule has 1 amide bonds. The summed E-state index contributed by atoms with van der Waals surface area (Å²) in [5, 5.41) is 9.03. The van der Waals surface area contributed by atoms with Crippen LogP contribution >= 0.6 is 0 Å². The quantitative estimate of drug-likeness (QED) is 0.831. The second-order valence-electron chi connectivity index (χ2n) is 4.83. The maximum Gasteiger partial charge on any atom is 0.223 e. The minimum Gasteiger partial charge on any atom is -0.396 e. The summed E-state index contributed by atoms with van der Waals surface area (Å²) >= 11 is 0. The Labute approximate surface area is 117 Å². The lowest BCUT2D eigenvalue weighted by Crippen LogP contribution is -2.33. The van der Waals surface area contributed by atoms with Gasteiger partial charge in [0.1, 0.15) is 11.6 Å². The highest BCUT2D eigenvalue weighted by molar-refractivity contribution is 5.76. The zero-order chi connectivity index (χ0) is 15.3. The van der Waals surface area contributed by atoms with Gasteiger partial charge in [-0.25, -0.2) is 8.78 Å². The minimum absolute atomic E-state index is 0.0742. The highest BCUT2D eigenvalue weighted by Crippen LogP contribution is 2.23. The molecule has 0 aliphatic carbocycles. The molecule has 0 aliphatic heterocycles. The average molecular weight is 286 g/mol. The largest absolute Gasteiger partial charge is 0.396 e. The molecule has 1 aromatic rings. The molecule has 0 heterocycles. The van der Waals surface area contributed by atoms with E-state index in [1.54, 1.807) is 6.92 Å². The number of nitrogens with zero attached hydrogens (tertiary/aromatic N) is 1. The van der Waals surface area contributed by atoms with Crippen LogP contribution in [-0.4, -0.2) is 36.1 Å². The Kier molecular flexibility index (Phi) is 6.04. The van der Waals surface area contributed by atoms with E-state index < -0.39 is 17.7 Å². The lowest BCUT2D eigenvalue weighted by molar-refractivity contribution is -0.133. The van der Waals surface area contributed by atoms with Crippen molar-refractivity contribution in [2.75, 3.05) is 20.2 Å². The van der Waals surface area contributed by atoms with Crippen LogP contribution in [0.25, 0.3) is 0 Å². The Morgan fingerprint density at radius 1 is 1.45 bits per heavy atom. The van der Waals surface area contributed by atoms with Gasteiger partial charge in [-0.05, 0) is 31.7 Å². The highest BCUT2D eigenvalue weighted by Gasteiger charge is 2.22. The molecule has 1 aromatic carbocycles. The zero-order valence-corrected chi connectivity index (χ0v) is 11.6. The van der Waals surface area contributed by atoms with Gasteiger partial charge in [0.25, 0.3) is 0 Å². The van der Waals surface area contributed by atoms with Gasteiger partial charge in [-0.1, -0.05) is 0 Å². The van der Waals surface area contributed by atoms with E-state index in [1.807, 2.05) is 0 Å². The average Bonchev–Trinajstić information content (AvgIpc) is 2.45. The smallest absolute Gasteiger partial charge is 0.223 e. The molecule has 0 bridgehead atoms. The van der Waals surface area contributed by atoms with Crippen molar-refractivity contribution in [2.45, 2.75) is 19.4 Å². The normalized spacial score (nSPS) is 13.9. The second-order valence-corrected chi connectivity index (χ2v) is 4.83. The lowest BCUT2D eigenvalue weighted by atomic mass is 10.0. The molecule has 112 valence electrons. The van der Waals surface area contributed by atoms with Crippen LogP contribution < -0.4 is 5.73 Å². The van der Waals surface area contributed by atoms with E-state index >= 15 is 0 Å². The van der Waals surface area contributed by atoms with Gasteiger partial charge in [-0.2, -0.15) is 0 Å². The molecule has 2 atom stereocenters. The van der Waals surface area contributed by atoms with Crippen molar-refractivity contribution in [3.8, 4) is 0 Å². The Balaban J connectivity index is 2.82. The summed E-state index contributed by atoms with van der Waals surface area (Å²) < 4.78 is 26.8. The summed E-state index contributed by atoms with van der Waals surface area (Å²) in [7, 11) is 1.52. The van der Waals surface area contributed by atoms with E-state index in [0.717, 1.165) is 18.2 Å². The number of carbonyl (C=O) groups excluding carboxylic acids is 1. The first-order valence-corrected chi connectivity index (χ1v) is 6.42. The molecule has 1 rings (SSSR count). The topological polar surface area (TPSA) is 66.6 Å². The number of amides is 1. The summed E-state index contributed by atoms with van der Waals surface area (Å²) in [6.45, 7) is 1.63. The third kappa shape index (κ3) is 3.98. The summed E-state index contributed by atoms with van der Waals surface area (Å²) in [6, 6.07) is 2.55. The number of aliphatic hydroxyl groups excluding tert-OH is 1. The molecule has 0 fully saturated rings. The van der Waals surface area contributed by atoms with Gasteiger partial charge in [-0.15, -0.1) is 0 Å². The summed E-state index contributed by atoms with van der Waals surface area (Å²) in [6.07, 6.45) is 0.0742. The van der Waals surface area contributed by atoms with Crippen LogP contribution in [0.5, 0.6) is 0 Å². The summed E-state index contributed by atoms with van der Waals surface area (Å²) in [4.78, 5) is 13.4. The Morgan fingerprint density at radius 2 is 2.10 bits per heavy atom. The minimum atomic E-state index is -0.602. The molecule has 6 heteroatoms. The first-order valence-electron chi connectivity index (χ1n) is 6.42. The second kappa shape index (κ2) is 7.31. The lowest BCUT2D eigenvalue weighted by Gasteiger charge is -2.27. The van der Waals surface area contributed by atoms with E-state index in [2.05, 4.69) is 0 Å². The van der Waals surface area contributed by atoms with Crippen molar-refractivity contribution in [3.63, 3.8) is 0 Å². The van der Waals surface area contributed by atoms with Gasteiger partial charge in [-0.3, -0.25) is 4.79 Å². The fourth-order valence-corrected chi connectivity index (χ4v) is 1.87. The maximum atomic E-state index is 13.7. The Hall–Kier alpha value is -1.53. The van der Waals surface area contributed by atoms with Crippen LogP contribution in [0.3, 0.4) is 0 Å². The van der Waals surface area contributed by atoms with E-state index in [1.165, 1.54) is 11.9 Å². The Morgan fingerprint density at radius 3 is 2.65 bits per heavy atom. The fourth-order valence-electron chi connectivity index (χ4n) is 1.87.